The van der Waals surface area contributed by atoms with Crippen molar-refractivity contribution in [2.75, 3.05) is 7.05 Å². The van der Waals surface area contributed by atoms with Crippen molar-refractivity contribution in [3.63, 3.8) is 0 Å². The molecule has 0 fully saturated rings. The van der Waals surface area contributed by atoms with E-state index in [-0.39, 0.29) is 17.6 Å². The van der Waals surface area contributed by atoms with Gasteiger partial charge >= 0.3 is 0 Å². The van der Waals surface area contributed by atoms with Crippen molar-refractivity contribution in [3.8, 4) is 0 Å². The lowest BCUT2D eigenvalue weighted by atomic mass is 10.2. The molecule has 138 valence electrons. The molecule has 0 radical (unpaired) electrons. The van der Waals surface area contributed by atoms with Crippen LogP contribution < -0.4 is 0 Å². The van der Waals surface area contributed by atoms with E-state index >= 15 is 0 Å². The van der Waals surface area contributed by atoms with Gasteiger partial charge in [0, 0.05) is 24.7 Å². The molecule has 1 amide bonds. The monoisotopic (exact) mass is 381 g/mol. The van der Waals surface area contributed by atoms with Crippen LogP contribution in [0.25, 0.3) is 11.0 Å². The first kappa shape index (κ1) is 17.4. The second-order valence-electron chi connectivity index (χ2n) is 6.37. The predicted octanol–water partition coefficient (Wildman–Crippen LogP) is 3.67. The van der Waals surface area contributed by atoms with E-state index in [1.165, 1.54) is 11.3 Å². The van der Waals surface area contributed by atoms with Gasteiger partial charge in [0.1, 0.15) is 10.8 Å². The number of fused-ring (bicyclic) bond motifs is 1. The average molecular weight is 381 g/mol. The fraction of sp³-hybridized carbons (Fsp3) is 0.263. The van der Waals surface area contributed by atoms with Gasteiger partial charge in [-0.1, -0.05) is 17.3 Å². The fourth-order valence-corrected chi connectivity index (χ4v) is 3.74. The molecular formula is C19H19N5O2S. The summed E-state index contributed by atoms with van der Waals surface area (Å²) in [4.78, 5) is 23.2. The predicted molar refractivity (Wildman–Crippen MR) is 103 cm³/mol. The summed E-state index contributed by atoms with van der Waals surface area (Å²) in [6, 6.07) is 9.50. The Labute approximate surface area is 160 Å². The quantitative estimate of drug-likeness (QED) is 0.527. The standard InChI is InChI=1S/C19H19N5O2S/c1-12(18-20-8-9-27-18)23(3)19(25)16-10-14(26-22-16)11-24-13(2)21-15-6-4-5-7-17(15)24/h4-10,12H,11H2,1-3H3/t12-/m1/s1. The fourth-order valence-electron chi connectivity index (χ4n) is 3.00. The van der Waals surface area contributed by atoms with Gasteiger partial charge in [-0.25, -0.2) is 9.97 Å². The van der Waals surface area contributed by atoms with E-state index in [9.17, 15) is 4.79 Å². The number of hydrogen-bond donors (Lipinski definition) is 0. The molecule has 3 heterocycles. The van der Waals surface area contributed by atoms with Crippen LogP contribution in [-0.2, 0) is 6.54 Å². The minimum absolute atomic E-state index is 0.127. The number of rotatable bonds is 5. The molecule has 8 heteroatoms. The van der Waals surface area contributed by atoms with E-state index in [4.69, 9.17) is 4.52 Å². The van der Waals surface area contributed by atoms with Crippen molar-refractivity contribution < 1.29 is 9.32 Å². The zero-order valence-corrected chi connectivity index (χ0v) is 16.1. The Hall–Kier alpha value is -3.00. The summed E-state index contributed by atoms with van der Waals surface area (Å²) in [7, 11) is 1.75. The topological polar surface area (TPSA) is 77.1 Å². The SMILES string of the molecule is Cc1nc2ccccc2n1Cc1cc(C(=O)N(C)[C@H](C)c2nccs2)no1. The minimum Gasteiger partial charge on any atom is -0.359 e. The van der Waals surface area contributed by atoms with Gasteiger partial charge in [0.2, 0.25) is 0 Å². The first-order chi connectivity index (χ1) is 13.0. The number of para-hydroxylation sites is 2. The number of amides is 1. The molecule has 0 bridgehead atoms. The summed E-state index contributed by atoms with van der Waals surface area (Å²) in [6.45, 7) is 4.36. The van der Waals surface area contributed by atoms with Crippen LogP contribution in [0.1, 0.15) is 40.0 Å². The Morgan fingerprint density at radius 2 is 2.19 bits per heavy atom. The lowest BCUT2D eigenvalue weighted by Crippen LogP contribution is -2.29. The Bertz CT molecular complexity index is 1080. The van der Waals surface area contributed by atoms with Gasteiger partial charge in [-0.3, -0.25) is 4.79 Å². The summed E-state index contributed by atoms with van der Waals surface area (Å²) in [5, 5.41) is 6.76. The molecule has 0 saturated carbocycles. The number of aromatic nitrogens is 4. The van der Waals surface area contributed by atoms with Gasteiger partial charge in [0.15, 0.2) is 11.5 Å². The van der Waals surface area contributed by atoms with Crippen LogP contribution in [0.2, 0.25) is 0 Å². The Kier molecular flexibility index (Phi) is 4.49. The van der Waals surface area contributed by atoms with Crippen molar-refractivity contribution in [2.45, 2.75) is 26.4 Å². The van der Waals surface area contributed by atoms with E-state index in [1.54, 1.807) is 24.2 Å². The molecule has 4 aromatic rings. The van der Waals surface area contributed by atoms with Gasteiger partial charge in [0.05, 0.1) is 23.6 Å². The van der Waals surface area contributed by atoms with Gasteiger partial charge in [-0.2, -0.15) is 0 Å². The maximum absolute atomic E-state index is 12.7. The second kappa shape index (κ2) is 6.96. The molecule has 0 N–H and O–H groups in total. The van der Waals surface area contributed by atoms with Gasteiger partial charge in [-0.05, 0) is 26.0 Å². The summed E-state index contributed by atoms with van der Waals surface area (Å²) >= 11 is 1.52. The molecule has 27 heavy (non-hydrogen) atoms. The third-order valence-corrected chi connectivity index (χ3v) is 5.59. The Balaban J connectivity index is 1.54. The van der Waals surface area contributed by atoms with E-state index in [0.717, 1.165) is 21.9 Å². The minimum atomic E-state index is -0.195. The highest BCUT2D eigenvalue weighted by atomic mass is 32.1. The highest BCUT2D eigenvalue weighted by Crippen LogP contribution is 2.23. The molecule has 0 aliphatic rings. The molecule has 0 saturated heterocycles. The summed E-state index contributed by atoms with van der Waals surface area (Å²) in [6.07, 6.45) is 1.74. The van der Waals surface area contributed by atoms with Crippen LogP contribution >= 0.6 is 11.3 Å². The lowest BCUT2D eigenvalue weighted by Gasteiger charge is -2.21. The van der Waals surface area contributed by atoms with E-state index < -0.39 is 0 Å². The summed E-state index contributed by atoms with van der Waals surface area (Å²) < 4.78 is 7.47. The number of nitrogens with zero attached hydrogens (tertiary/aromatic N) is 5. The molecular weight excluding hydrogens is 362 g/mol. The van der Waals surface area contributed by atoms with E-state index in [2.05, 4.69) is 15.1 Å². The number of aryl methyl sites for hydroxylation is 1. The highest BCUT2D eigenvalue weighted by Gasteiger charge is 2.23. The summed E-state index contributed by atoms with van der Waals surface area (Å²) in [5.41, 5.74) is 2.24. The number of carbonyl (C=O) groups is 1. The van der Waals surface area contributed by atoms with Crippen LogP contribution in [0.5, 0.6) is 0 Å². The molecule has 4 rings (SSSR count). The summed E-state index contributed by atoms with van der Waals surface area (Å²) in [5.74, 6) is 1.30. The largest absolute Gasteiger partial charge is 0.359 e. The highest BCUT2D eigenvalue weighted by molar-refractivity contribution is 7.09. The third-order valence-electron chi connectivity index (χ3n) is 4.65. The van der Waals surface area contributed by atoms with Crippen LogP contribution in [0.4, 0.5) is 0 Å². The average Bonchev–Trinajstić information content (AvgIpc) is 3.41. The number of imidazole rings is 1. The Morgan fingerprint density at radius 1 is 1.37 bits per heavy atom. The molecule has 0 unspecified atom stereocenters. The van der Waals surface area contributed by atoms with Crippen molar-refractivity contribution in [1.82, 2.24) is 24.6 Å². The molecule has 0 aliphatic heterocycles. The van der Waals surface area contributed by atoms with Gasteiger partial charge in [-0.15, -0.1) is 11.3 Å². The van der Waals surface area contributed by atoms with Crippen LogP contribution in [0.3, 0.4) is 0 Å². The number of carbonyl (C=O) groups excluding carboxylic acids is 1. The van der Waals surface area contributed by atoms with E-state index in [1.807, 2.05) is 48.1 Å². The van der Waals surface area contributed by atoms with Crippen molar-refractivity contribution in [3.05, 3.63) is 64.2 Å². The van der Waals surface area contributed by atoms with Crippen molar-refractivity contribution in [2.24, 2.45) is 0 Å². The van der Waals surface area contributed by atoms with Gasteiger partial charge in [0.25, 0.3) is 5.91 Å². The molecule has 0 spiro atoms. The first-order valence-corrected chi connectivity index (χ1v) is 9.46. The van der Waals surface area contributed by atoms with Crippen LogP contribution in [0, 0.1) is 6.92 Å². The van der Waals surface area contributed by atoms with Crippen LogP contribution in [0.15, 0.2) is 46.4 Å². The third kappa shape index (κ3) is 3.23. The smallest absolute Gasteiger partial charge is 0.276 e. The zero-order chi connectivity index (χ0) is 19.0. The number of hydrogen-bond acceptors (Lipinski definition) is 6. The number of thiazole rings is 1. The molecule has 0 aliphatic carbocycles. The van der Waals surface area contributed by atoms with Crippen molar-refractivity contribution >= 4 is 28.3 Å². The first-order valence-electron chi connectivity index (χ1n) is 8.58. The number of benzene rings is 1. The molecule has 3 aromatic heterocycles. The molecule has 1 aromatic carbocycles. The van der Waals surface area contributed by atoms with Crippen molar-refractivity contribution in [1.29, 1.82) is 0 Å². The van der Waals surface area contributed by atoms with E-state index in [0.29, 0.717) is 12.3 Å². The van der Waals surface area contributed by atoms with Gasteiger partial charge < -0.3 is 14.0 Å². The second-order valence-corrected chi connectivity index (χ2v) is 7.30. The maximum Gasteiger partial charge on any atom is 0.276 e. The zero-order valence-electron chi connectivity index (χ0n) is 15.3. The molecule has 1 atom stereocenters. The maximum atomic E-state index is 12.7. The molecule has 7 nitrogen and oxygen atoms in total. The normalized spacial score (nSPS) is 12.4. The lowest BCUT2D eigenvalue weighted by molar-refractivity contribution is 0.0732. The van der Waals surface area contributed by atoms with Crippen LogP contribution in [-0.4, -0.2) is 37.5 Å². The Morgan fingerprint density at radius 3 is 2.96 bits per heavy atom.